The van der Waals surface area contributed by atoms with Crippen molar-refractivity contribution in [3.05, 3.63) is 0 Å². The summed E-state index contributed by atoms with van der Waals surface area (Å²) >= 11 is 3.98. The summed E-state index contributed by atoms with van der Waals surface area (Å²) in [5.74, 6) is 0. The molecule has 0 N–H and O–H groups in total. The summed E-state index contributed by atoms with van der Waals surface area (Å²) in [6, 6.07) is 0. The molecule has 0 rings (SSSR count). The average Bonchev–Trinajstić information content (AvgIpc) is 1.38. The molecule has 0 amide bonds. The summed E-state index contributed by atoms with van der Waals surface area (Å²) in [6.07, 6.45) is 0. The summed E-state index contributed by atoms with van der Waals surface area (Å²) in [6.45, 7) is 2.03. The summed E-state index contributed by atoms with van der Waals surface area (Å²) in [5.41, 5.74) is 0. The first-order valence-electron chi connectivity index (χ1n) is 0.995. The van der Waals surface area contributed by atoms with Gasteiger partial charge < -0.3 is 0 Å². The molecule has 5 heavy (non-hydrogen) atoms. The Hall–Kier alpha value is 1.30. The van der Waals surface area contributed by atoms with E-state index in [-0.39, 0.29) is 8.08 Å². The van der Waals surface area contributed by atoms with E-state index in [0.29, 0.717) is 0 Å². The fourth-order valence-corrected chi connectivity index (χ4v) is 0. The van der Waals surface area contributed by atoms with Gasteiger partial charge in [0.05, 0.1) is 0 Å². The molecule has 0 saturated carbocycles. The van der Waals surface area contributed by atoms with Gasteiger partial charge in [0.1, 0.15) is 0 Å². The first kappa shape index (κ1) is 6.30. The van der Waals surface area contributed by atoms with Crippen LogP contribution in [0.5, 0.6) is 0 Å². The van der Waals surface area contributed by atoms with Crippen molar-refractivity contribution in [2.45, 2.75) is 0 Å². The second-order valence-corrected chi connectivity index (χ2v) is 8.26. The van der Waals surface area contributed by atoms with Crippen LogP contribution in [0.2, 0.25) is 0 Å². The van der Waals surface area contributed by atoms with Crippen molar-refractivity contribution in [1.82, 2.24) is 0 Å². The normalized spacial score (nSPS) is 11.8. The molecule has 0 unspecified atom stereocenters. The fraction of sp³-hybridized carbons (Fsp3) is 1.00. The molecule has 0 radical (unpaired) electrons. The van der Waals surface area contributed by atoms with E-state index in [0.717, 1.165) is 0 Å². The third-order valence-electron chi connectivity index (χ3n) is 0.163. The molecule has 0 heterocycles. The van der Waals surface area contributed by atoms with Crippen LogP contribution in [0.25, 0.3) is 0 Å². The summed E-state index contributed by atoms with van der Waals surface area (Å²) in [4.78, 5) is 0. The molecule has 0 aromatic carbocycles. The zero-order chi connectivity index (χ0) is 4.28. The molecule has 30 valence electrons. The van der Waals surface area contributed by atoms with Crippen LogP contribution in [0, 0.1) is 0 Å². The first-order valence-corrected chi connectivity index (χ1v) is 6.27. The predicted molar refractivity (Wildman–Crippen MR) is 36.1 cm³/mol. The van der Waals surface area contributed by atoms with Gasteiger partial charge in [-0.05, 0) is 0 Å². The van der Waals surface area contributed by atoms with Crippen LogP contribution in [-0.4, -0.2) is 6.66 Å². The molecule has 0 aromatic rings. The summed E-state index contributed by atoms with van der Waals surface area (Å²) < 4.78 is 0. The topological polar surface area (TPSA) is 0 Å². The van der Waals surface area contributed by atoms with Gasteiger partial charge in [-0.2, -0.15) is 0 Å². The third-order valence-corrected chi connectivity index (χ3v) is 4.41. The van der Waals surface area contributed by atoms with E-state index < -0.39 is 0 Å². The van der Waals surface area contributed by atoms with E-state index in [9.17, 15) is 0 Å². The van der Waals surface area contributed by atoms with Crippen molar-refractivity contribution in [2.24, 2.45) is 0 Å². The van der Waals surface area contributed by atoms with E-state index in [1.807, 2.05) is 6.66 Å². The number of hydrogen-bond acceptors (Lipinski definition) is 0. The van der Waals surface area contributed by atoms with Gasteiger partial charge in [-0.25, -0.2) is 0 Å². The summed E-state index contributed by atoms with van der Waals surface area (Å²) in [5, 5.41) is 0. The van der Waals surface area contributed by atoms with Crippen LogP contribution in [-0.2, 0) is 8.08 Å². The van der Waals surface area contributed by atoms with Gasteiger partial charge in [-0.15, -0.1) is 0 Å². The van der Waals surface area contributed by atoms with E-state index in [4.69, 9.17) is 0 Å². The van der Waals surface area contributed by atoms with Crippen LogP contribution in [0.3, 0.4) is 0 Å². The number of rotatable bonds is 0. The van der Waals surface area contributed by atoms with Crippen molar-refractivity contribution in [2.75, 3.05) is 6.66 Å². The molecule has 0 saturated heterocycles. The number of thiol groups is 1. The Bertz CT molecular complexity index is 118. The summed E-state index contributed by atoms with van der Waals surface area (Å²) in [7, 11) is 5.27. The van der Waals surface area contributed by atoms with Crippen molar-refractivity contribution in [3.63, 3.8) is 0 Å². The van der Waals surface area contributed by atoms with Crippen molar-refractivity contribution in [1.29, 1.82) is 0 Å². The molecule has 0 bridgehead atoms. The zero-order valence-corrected chi connectivity index (χ0v) is 6.25. The molecular formula is CH4P2S2. The fourth-order valence-electron chi connectivity index (χ4n) is 0. The van der Waals surface area contributed by atoms with Crippen LogP contribution in [0.15, 0.2) is 0 Å². The Morgan fingerprint density at radius 3 is 2.20 bits per heavy atom. The molecule has 0 fully saturated rings. The Morgan fingerprint density at radius 1 is 2.00 bits per heavy atom. The van der Waals surface area contributed by atoms with Crippen LogP contribution in [0.1, 0.15) is 0 Å². The molecule has 0 spiro atoms. The van der Waals surface area contributed by atoms with Gasteiger partial charge in [0.15, 0.2) is 0 Å². The van der Waals surface area contributed by atoms with Crippen molar-refractivity contribution in [3.8, 4) is 0 Å². The van der Waals surface area contributed by atoms with Gasteiger partial charge in [-0.3, -0.25) is 0 Å². The first-order chi connectivity index (χ1) is 2.27. The maximum atomic E-state index is 3.98. The number of hydrogen-bond donors (Lipinski definition) is 1. The Kier molecular flexibility index (Phi) is 4.40. The Labute approximate surface area is 42.0 Å². The van der Waals surface area contributed by atoms with Gasteiger partial charge >= 0.3 is 41.6 Å². The second kappa shape index (κ2) is 3.49. The Morgan fingerprint density at radius 2 is 2.20 bits per heavy atom. The van der Waals surface area contributed by atoms with E-state index in [1.165, 1.54) is 7.36 Å². The van der Waals surface area contributed by atoms with Crippen molar-refractivity contribution < 1.29 is 0 Å². The molecule has 0 aliphatic carbocycles. The van der Waals surface area contributed by atoms with Crippen LogP contribution in [0.4, 0.5) is 0 Å². The monoisotopic (exact) mass is 142 g/mol. The van der Waals surface area contributed by atoms with Gasteiger partial charge in [0.25, 0.3) is 0 Å². The average molecular weight is 142 g/mol. The van der Waals surface area contributed by atoms with E-state index in [1.54, 1.807) is 0 Å². The SMILES string of the molecule is CP=S(#P)S. The third kappa shape index (κ3) is 5.30. The van der Waals surface area contributed by atoms with Gasteiger partial charge in [0.2, 0.25) is 0 Å². The molecule has 0 aromatic heterocycles. The maximum absolute atomic E-state index is 3.98. The van der Waals surface area contributed by atoms with Crippen molar-refractivity contribution >= 4 is 34.9 Å². The minimum absolute atomic E-state index is 0.0386. The second-order valence-electron chi connectivity index (χ2n) is 0.428. The quantitative estimate of drug-likeness (QED) is 0.299. The van der Waals surface area contributed by atoms with Gasteiger partial charge in [0, 0.05) is 0 Å². The minimum atomic E-state index is 0.0386. The van der Waals surface area contributed by atoms with Crippen LogP contribution >= 0.6 is 26.8 Å². The standard InChI is InChI=1S/CH4P2S2/c1-3-5(2)4/h4H,1H3. The molecule has 0 aliphatic heterocycles. The van der Waals surface area contributed by atoms with Gasteiger partial charge in [-0.1, -0.05) is 0 Å². The zero-order valence-electron chi connectivity index (χ0n) is 2.75. The van der Waals surface area contributed by atoms with Crippen LogP contribution < -0.4 is 0 Å². The molecule has 0 aliphatic rings. The van der Waals surface area contributed by atoms with E-state index >= 15 is 0 Å². The molecule has 4 heteroatoms. The predicted octanol–water partition coefficient (Wildman–Crippen LogP) is 2.27. The Balaban J connectivity index is 3.82. The molecule has 0 atom stereocenters. The molecule has 0 nitrogen and oxygen atoms in total. The molecular weight excluding hydrogens is 138 g/mol. The van der Waals surface area contributed by atoms with E-state index in [2.05, 4.69) is 19.5 Å².